The topological polar surface area (TPSA) is 41.3 Å². The molecule has 0 aromatic carbocycles. The smallest absolute Gasteiger partial charge is 0.0863 e. The third kappa shape index (κ3) is 3.30. The summed E-state index contributed by atoms with van der Waals surface area (Å²) in [5.41, 5.74) is 2.11. The first-order valence-corrected chi connectivity index (χ1v) is 7.60. The van der Waals surface area contributed by atoms with Crippen LogP contribution >= 0.6 is 11.6 Å². The number of halogens is 1. The van der Waals surface area contributed by atoms with Crippen molar-refractivity contribution in [2.75, 3.05) is 13.2 Å². The first kappa shape index (κ1) is 14.8. The van der Waals surface area contributed by atoms with E-state index in [2.05, 4.69) is 16.9 Å². The lowest BCUT2D eigenvalue weighted by Gasteiger charge is -2.24. The van der Waals surface area contributed by atoms with Crippen LogP contribution in [-0.2, 0) is 20.0 Å². The molecule has 1 fully saturated rings. The number of likely N-dealkylation sites (tertiary alicyclic amines) is 1. The second kappa shape index (κ2) is 6.73. The van der Waals surface area contributed by atoms with Crippen molar-refractivity contribution in [3.05, 3.63) is 16.4 Å². The van der Waals surface area contributed by atoms with Crippen molar-refractivity contribution >= 4 is 11.6 Å². The number of aromatic nitrogens is 2. The Morgan fingerprint density at radius 3 is 2.89 bits per heavy atom. The van der Waals surface area contributed by atoms with Crippen LogP contribution in [-0.4, -0.2) is 39.0 Å². The highest BCUT2D eigenvalue weighted by Crippen LogP contribution is 2.27. The van der Waals surface area contributed by atoms with E-state index in [0.717, 1.165) is 48.8 Å². The van der Waals surface area contributed by atoms with E-state index in [9.17, 15) is 0 Å². The van der Waals surface area contributed by atoms with E-state index in [4.69, 9.17) is 16.7 Å². The first-order valence-electron chi connectivity index (χ1n) is 7.22. The van der Waals surface area contributed by atoms with E-state index in [1.54, 1.807) is 0 Å². The molecule has 5 heteroatoms. The molecule has 1 aliphatic heterocycles. The van der Waals surface area contributed by atoms with Gasteiger partial charge in [0.15, 0.2) is 0 Å². The summed E-state index contributed by atoms with van der Waals surface area (Å²) < 4.78 is 1.92. The molecule has 1 aromatic rings. The van der Waals surface area contributed by atoms with Gasteiger partial charge in [-0.25, -0.2) is 0 Å². The Morgan fingerprint density at radius 1 is 1.47 bits per heavy atom. The molecule has 1 aliphatic rings. The van der Waals surface area contributed by atoms with E-state index >= 15 is 0 Å². The highest BCUT2D eigenvalue weighted by molar-refractivity contribution is 6.31. The third-order valence-electron chi connectivity index (χ3n) is 4.05. The lowest BCUT2D eigenvalue weighted by molar-refractivity contribution is 0.206. The Kier molecular flexibility index (Phi) is 5.25. The maximum Gasteiger partial charge on any atom is 0.0863 e. The first-order chi connectivity index (χ1) is 9.17. The Morgan fingerprint density at radius 2 is 2.26 bits per heavy atom. The zero-order valence-electron chi connectivity index (χ0n) is 11.9. The van der Waals surface area contributed by atoms with Gasteiger partial charge in [-0.1, -0.05) is 18.5 Å². The molecule has 1 saturated heterocycles. The summed E-state index contributed by atoms with van der Waals surface area (Å²) in [5.74, 6) is 0. The average molecular weight is 286 g/mol. The third-order valence-corrected chi connectivity index (χ3v) is 4.49. The number of hydrogen-bond acceptors (Lipinski definition) is 3. The number of aliphatic hydroxyl groups is 1. The maximum absolute atomic E-state index is 8.97. The van der Waals surface area contributed by atoms with Crippen LogP contribution in [0.3, 0.4) is 0 Å². The zero-order chi connectivity index (χ0) is 13.8. The van der Waals surface area contributed by atoms with Crippen LogP contribution in [0.1, 0.15) is 44.0 Å². The van der Waals surface area contributed by atoms with E-state index in [1.165, 1.54) is 12.8 Å². The lowest BCUT2D eigenvalue weighted by atomic mass is 10.1. The van der Waals surface area contributed by atoms with Crippen LogP contribution < -0.4 is 0 Å². The second-order valence-corrected chi connectivity index (χ2v) is 5.69. The van der Waals surface area contributed by atoms with Crippen molar-refractivity contribution in [1.29, 1.82) is 0 Å². The molecule has 108 valence electrons. The van der Waals surface area contributed by atoms with Crippen molar-refractivity contribution < 1.29 is 5.11 Å². The SMILES string of the molecule is CCc1nn(C)c(CN2CCCC2CCCO)c1Cl. The molecule has 1 N–H and O–H groups in total. The zero-order valence-corrected chi connectivity index (χ0v) is 12.7. The van der Waals surface area contributed by atoms with Crippen LogP contribution in [0.15, 0.2) is 0 Å². The van der Waals surface area contributed by atoms with Crippen LogP contribution in [0.25, 0.3) is 0 Å². The minimum Gasteiger partial charge on any atom is -0.396 e. The number of aliphatic hydroxyl groups excluding tert-OH is 1. The predicted octanol–water partition coefficient (Wildman–Crippen LogP) is 2.37. The Balaban J connectivity index is 2.05. The molecule has 19 heavy (non-hydrogen) atoms. The van der Waals surface area contributed by atoms with Gasteiger partial charge in [0, 0.05) is 26.2 Å². The normalized spacial score (nSPS) is 20.3. The molecular weight excluding hydrogens is 262 g/mol. The number of rotatable bonds is 6. The van der Waals surface area contributed by atoms with Crippen molar-refractivity contribution in [3.8, 4) is 0 Å². The van der Waals surface area contributed by atoms with Crippen LogP contribution in [0.5, 0.6) is 0 Å². The monoisotopic (exact) mass is 285 g/mol. The lowest BCUT2D eigenvalue weighted by Crippen LogP contribution is -2.30. The van der Waals surface area contributed by atoms with E-state index in [0.29, 0.717) is 6.04 Å². The summed E-state index contributed by atoms with van der Waals surface area (Å²) in [6.45, 7) is 4.37. The fourth-order valence-corrected chi connectivity index (χ4v) is 3.29. The molecule has 0 radical (unpaired) electrons. The Labute approximate surface area is 120 Å². The minimum atomic E-state index is 0.288. The van der Waals surface area contributed by atoms with Crippen LogP contribution in [0.2, 0.25) is 5.02 Å². The quantitative estimate of drug-likeness (QED) is 0.872. The number of hydrogen-bond donors (Lipinski definition) is 1. The molecule has 0 spiro atoms. The number of nitrogens with zero attached hydrogens (tertiary/aromatic N) is 3. The van der Waals surface area contributed by atoms with Gasteiger partial charge in [0.05, 0.1) is 16.4 Å². The molecule has 2 heterocycles. The summed E-state index contributed by atoms with van der Waals surface area (Å²) >= 11 is 6.41. The largest absolute Gasteiger partial charge is 0.396 e. The van der Waals surface area contributed by atoms with Gasteiger partial charge in [0.25, 0.3) is 0 Å². The highest BCUT2D eigenvalue weighted by atomic mass is 35.5. The van der Waals surface area contributed by atoms with E-state index in [1.807, 2.05) is 11.7 Å². The van der Waals surface area contributed by atoms with Gasteiger partial charge >= 0.3 is 0 Å². The van der Waals surface area contributed by atoms with Gasteiger partial charge in [-0.15, -0.1) is 0 Å². The van der Waals surface area contributed by atoms with Gasteiger partial charge in [-0.05, 0) is 38.6 Å². The van der Waals surface area contributed by atoms with Crippen molar-refractivity contribution in [3.63, 3.8) is 0 Å². The summed E-state index contributed by atoms with van der Waals surface area (Å²) in [6.07, 6.45) is 5.32. The number of aryl methyl sites for hydroxylation is 2. The Hall–Kier alpha value is -0.580. The fraction of sp³-hybridized carbons (Fsp3) is 0.786. The van der Waals surface area contributed by atoms with Crippen LogP contribution in [0, 0.1) is 0 Å². The van der Waals surface area contributed by atoms with E-state index in [-0.39, 0.29) is 6.61 Å². The standard InChI is InChI=1S/C14H24ClN3O/c1-3-12-14(15)13(17(2)16-12)10-18-8-4-6-11(18)7-5-9-19/h11,19H,3-10H2,1-2H3. The molecule has 2 rings (SSSR count). The predicted molar refractivity (Wildman–Crippen MR) is 77.3 cm³/mol. The summed E-state index contributed by atoms with van der Waals surface area (Å²) in [5, 5.41) is 14.3. The molecule has 0 bridgehead atoms. The molecule has 4 nitrogen and oxygen atoms in total. The van der Waals surface area contributed by atoms with Crippen molar-refractivity contribution in [2.24, 2.45) is 7.05 Å². The summed E-state index contributed by atoms with van der Waals surface area (Å²) in [7, 11) is 1.97. The van der Waals surface area contributed by atoms with Gasteiger partial charge in [0.2, 0.25) is 0 Å². The average Bonchev–Trinajstić information content (AvgIpc) is 2.95. The highest BCUT2D eigenvalue weighted by Gasteiger charge is 2.26. The molecule has 1 unspecified atom stereocenters. The maximum atomic E-state index is 8.97. The summed E-state index contributed by atoms with van der Waals surface area (Å²) in [4.78, 5) is 2.48. The fourth-order valence-electron chi connectivity index (χ4n) is 2.94. The van der Waals surface area contributed by atoms with Gasteiger partial charge < -0.3 is 5.11 Å². The molecule has 0 saturated carbocycles. The van der Waals surface area contributed by atoms with Gasteiger partial charge in [-0.2, -0.15) is 5.10 Å². The van der Waals surface area contributed by atoms with E-state index < -0.39 is 0 Å². The van der Waals surface area contributed by atoms with Crippen LogP contribution in [0.4, 0.5) is 0 Å². The Bertz CT molecular complexity index is 419. The van der Waals surface area contributed by atoms with Crippen molar-refractivity contribution in [1.82, 2.24) is 14.7 Å². The van der Waals surface area contributed by atoms with Gasteiger partial charge in [-0.3, -0.25) is 9.58 Å². The molecule has 0 amide bonds. The second-order valence-electron chi connectivity index (χ2n) is 5.32. The van der Waals surface area contributed by atoms with Crippen molar-refractivity contribution in [2.45, 2.75) is 51.6 Å². The molecular formula is C14H24ClN3O. The molecule has 1 atom stereocenters. The minimum absolute atomic E-state index is 0.288. The molecule has 0 aliphatic carbocycles. The molecule has 1 aromatic heterocycles. The van der Waals surface area contributed by atoms with Gasteiger partial charge in [0.1, 0.15) is 0 Å². The summed E-state index contributed by atoms with van der Waals surface area (Å²) in [6, 6.07) is 0.586.